The average molecular weight is 399 g/mol. The van der Waals surface area contributed by atoms with Crippen LogP contribution in [0.1, 0.15) is 16.1 Å². The van der Waals surface area contributed by atoms with E-state index in [1.54, 1.807) is 47.5 Å². The lowest BCUT2D eigenvalue weighted by molar-refractivity contribution is 0.103. The SMILES string of the molecule is O=C(c1ccccn1)c1cnn2c(-c3ccncc3)ccnc12.O=S(=O)(O)O. The molecule has 10 nitrogen and oxygen atoms in total. The smallest absolute Gasteiger partial charge is 0.287 e. The molecule has 0 spiro atoms. The first kappa shape index (κ1) is 19.2. The van der Waals surface area contributed by atoms with Crippen LogP contribution in [0.15, 0.2) is 67.4 Å². The van der Waals surface area contributed by atoms with E-state index in [2.05, 4.69) is 20.1 Å². The van der Waals surface area contributed by atoms with Crippen LogP contribution in [0.25, 0.3) is 16.9 Å². The van der Waals surface area contributed by atoms with Crippen molar-refractivity contribution in [2.75, 3.05) is 0 Å². The van der Waals surface area contributed by atoms with Gasteiger partial charge in [-0.2, -0.15) is 13.5 Å². The number of aromatic nitrogens is 5. The number of pyridine rings is 2. The molecule has 0 atom stereocenters. The van der Waals surface area contributed by atoms with E-state index in [9.17, 15) is 4.79 Å². The van der Waals surface area contributed by atoms with Gasteiger partial charge in [0.2, 0.25) is 5.78 Å². The van der Waals surface area contributed by atoms with Crippen LogP contribution in [0.3, 0.4) is 0 Å². The van der Waals surface area contributed by atoms with Gasteiger partial charge < -0.3 is 0 Å². The van der Waals surface area contributed by atoms with E-state index in [0.717, 1.165) is 11.3 Å². The lowest BCUT2D eigenvalue weighted by atomic mass is 10.1. The molecule has 0 saturated heterocycles. The van der Waals surface area contributed by atoms with Gasteiger partial charge in [0.15, 0.2) is 5.65 Å². The fourth-order valence-electron chi connectivity index (χ4n) is 2.43. The van der Waals surface area contributed by atoms with Gasteiger partial charge in [0, 0.05) is 30.4 Å². The molecule has 0 radical (unpaired) electrons. The molecule has 28 heavy (non-hydrogen) atoms. The maximum atomic E-state index is 12.6. The van der Waals surface area contributed by atoms with Crippen molar-refractivity contribution >= 4 is 21.8 Å². The number of nitrogens with zero attached hydrogens (tertiary/aromatic N) is 5. The Labute approximate surface area is 159 Å². The zero-order valence-electron chi connectivity index (χ0n) is 14.1. The Morgan fingerprint density at radius 3 is 2.29 bits per heavy atom. The van der Waals surface area contributed by atoms with Gasteiger partial charge in [0.25, 0.3) is 0 Å². The van der Waals surface area contributed by atoms with Crippen LogP contribution in [0.2, 0.25) is 0 Å². The first-order valence-corrected chi connectivity index (χ1v) is 9.13. The molecule has 142 valence electrons. The van der Waals surface area contributed by atoms with Crippen molar-refractivity contribution in [1.29, 1.82) is 0 Å². The molecule has 0 aliphatic carbocycles. The molecule has 4 heterocycles. The lowest BCUT2D eigenvalue weighted by Crippen LogP contribution is -2.04. The second-order valence-corrected chi connectivity index (χ2v) is 6.25. The molecule has 0 saturated carbocycles. The minimum atomic E-state index is -4.67. The highest BCUT2D eigenvalue weighted by atomic mass is 32.3. The summed E-state index contributed by atoms with van der Waals surface area (Å²) in [5.41, 5.74) is 3.11. The zero-order valence-corrected chi connectivity index (χ0v) is 14.9. The minimum Gasteiger partial charge on any atom is -0.287 e. The fraction of sp³-hybridized carbons (Fsp3) is 0. The van der Waals surface area contributed by atoms with Gasteiger partial charge in [-0.3, -0.25) is 23.9 Å². The number of hydrogen-bond acceptors (Lipinski definition) is 7. The summed E-state index contributed by atoms with van der Waals surface area (Å²) in [6, 6.07) is 10.9. The first-order chi connectivity index (χ1) is 13.3. The quantitative estimate of drug-likeness (QED) is 0.388. The molecule has 0 aliphatic rings. The van der Waals surface area contributed by atoms with Crippen molar-refractivity contribution < 1.29 is 22.3 Å². The summed E-state index contributed by atoms with van der Waals surface area (Å²) in [7, 11) is -4.67. The van der Waals surface area contributed by atoms with E-state index in [0.29, 0.717) is 16.9 Å². The molecule has 2 N–H and O–H groups in total. The second-order valence-electron chi connectivity index (χ2n) is 5.35. The monoisotopic (exact) mass is 399 g/mol. The molecule has 0 unspecified atom stereocenters. The first-order valence-electron chi connectivity index (χ1n) is 7.73. The van der Waals surface area contributed by atoms with Crippen molar-refractivity contribution in [3.05, 3.63) is 78.6 Å². The van der Waals surface area contributed by atoms with Crippen molar-refractivity contribution in [2.24, 2.45) is 0 Å². The van der Waals surface area contributed by atoms with E-state index in [1.165, 1.54) is 6.20 Å². The number of ketones is 1. The number of rotatable bonds is 3. The van der Waals surface area contributed by atoms with Crippen molar-refractivity contribution in [3.63, 3.8) is 0 Å². The Morgan fingerprint density at radius 1 is 0.929 bits per heavy atom. The summed E-state index contributed by atoms with van der Waals surface area (Å²) in [6.07, 6.45) is 8.22. The van der Waals surface area contributed by atoms with E-state index in [-0.39, 0.29) is 5.78 Å². The minimum absolute atomic E-state index is 0.194. The van der Waals surface area contributed by atoms with Crippen LogP contribution in [0.5, 0.6) is 0 Å². The highest BCUT2D eigenvalue weighted by Gasteiger charge is 2.18. The maximum absolute atomic E-state index is 12.6. The van der Waals surface area contributed by atoms with Gasteiger partial charge in [-0.25, -0.2) is 9.50 Å². The molecule has 0 amide bonds. The molecule has 4 aromatic heterocycles. The van der Waals surface area contributed by atoms with Crippen LogP contribution in [-0.4, -0.2) is 47.9 Å². The van der Waals surface area contributed by atoms with E-state index >= 15 is 0 Å². The van der Waals surface area contributed by atoms with Gasteiger partial charge in [-0.15, -0.1) is 0 Å². The standard InChI is InChI=1S/C17H11N5O.H2O4S/c23-16(14-3-1-2-7-19-14)13-11-21-22-15(6-10-20-17(13)22)12-4-8-18-9-5-12;1-5(2,3)4/h1-11H;(H2,1,2,3,4). The normalized spacial score (nSPS) is 10.9. The summed E-state index contributed by atoms with van der Waals surface area (Å²) in [5.74, 6) is -0.194. The van der Waals surface area contributed by atoms with Crippen LogP contribution >= 0.6 is 0 Å². The van der Waals surface area contributed by atoms with Crippen molar-refractivity contribution in [2.45, 2.75) is 0 Å². The lowest BCUT2D eigenvalue weighted by Gasteiger charge is -2.04. The molecule has 0 fully saturated rings. The fourth-order valence-corrected chi connectivity index (χ4v) is 2.43. The highest BCUT2D eigenvalue weighted by Crippen LogP contribution is 2.21. The third kappa shape index (κ3) is 4.59. The summed E-state index contributed by atoms with van der Waals surface area (Å²) in [5, 5.41) is 4.33. The second kappa shape index (κ2) is 8.00. The van der Waals surface area contributed by atoms with Crippen LogP contribution in [0.4, 0.5) is 0 Å². The van der Waals surface area contributed by atoms with Crippen LogP contribution < -0.4 is 0 Å². The topological polar surface area (TPSA) is 148 Å². The Kier molecular flexibility index (Phi) is 5.49. The molecular weight excluding hydrogens is 386 g/mol. The average Bonchev–Trinajstić information content (AvgIpc) is 3.12. The van der Waals surface area contributed by atoms with E-state index in [4.69, 9.17) is 17.5 Å². The predicted molar refractivity (Wildman–Crippen MR) is 98.1 cm³/mol. The van der Waals surface area contributed by atoms with Gasteiger partial charge >= 0.3 is 10.4 Å². The Hall–Kier alpha value is -3.54. The van der Waals surface area contributed by atoms with Crippen LogP contribution in [0, 0.1) is 0 Å². The van der Waals surface area contributed by atoms with Gasteiger partial charge in [-0.05, 0) is 30.3 Å². The summed E-state index contributed by atoms with van der Waals surface area (Å²) in [4.78, 5) is 25.0. The number of fused-ring (bicyclic) bond motifs is 1. The summed E-state index contributed by atoms with van der Waals surface area (Å²) >= 11 is 0. The zero-order chi connectivity index (χ0) is 20.1. The van der Waals surface area contributed by atoms with Crippen molar-refractivity contribution in [3.8, 4) is 11.3 Å². The predicted octanol–water partition coefficient (Wildman–Crippen LogP) is 1.76. The third-order valence-corrected chi connectivity index (χ3v) is 3.52. The Bertz CT molecular complexity index is 1200. The van der Waals surface area contributed by atoms with Gasteiger partial charge in [-0.1, -0.05) is 6.07 Å². The van der Waals surface area contributed by atoms with E-state index < -0.39 is 10.4 Å². The maximum Gasteiger partial charge on any atom is 0.394 e. The summed E-state index contributed by atoms with van der Waals surface area (Å²) in [6.45, 7) is 0. The molecule has 4 rings (SSSR count). The summed E-state index contributed by atoms with van der Waals surface area (Å²) < 4.78 is 33.2. The number of carbonyl (C=O) groups is 1. The van der Waals surface area contributed by atoms with E-state index in [1.807, 2.05) is 18.2 Å². The Morgan fingerprint density at radius 2 is 1.64 bits per heavy atom. The third-order valence-electron chi connectivity index (χ3n) is 3.52. The molecule has 11 heteroatoms. The van der Waals surface area contributed by atoms with Gasteiger partial charge in [0.1, 0.15) is 5.69 Å². The van der Waals surface area contributed by atoms with Crippen LogP contribution in [-0.2, 0) is 10.4 Å². The highest BCUT2D eigenvalue weighted by molar-refractivity contribution is 7.79. The largest absolute Gasteiger partial charge is 0.394 e. The molecule has 4 aromatic rings. The molecule has 0 bridgehead atoms. The Balaban J connectivity index is 0.000000403. The van der Waals surface area contributed by atoms with Crippen molar-refractivity contribution in [1.82, 2.24) is 24.6 Å². The van der Waals surface area contributed by atoms with Gasteiger partial charge in [0.05, 0.1) is 17.5 Å². The number of hydrogen-bond donors (Lipinski definition) is 2. The number of carbonyl (C=O) groups excluding carboxylic acids is 1. The molecule has 0 aliphatic heterocycles. The molecule has 0 aromatic carbocycles. The molecular formula is C17H13N5O5S.